The van der Waals surface area contributed by atoms with Gasteiger partial charge in [0.25, 0.3) is 0 Å². The molecule has 1 rings (SSSR count). The summed E-state index contributed by atoms with van der Waals surface area (Å²) >= 11 is 0. The normalized spacial score (nSPS) is 29.8. The smallest absolute Gasteiger partial charge is 0.192 e. The standard InChI is InChI=1S/C17H35BO4Si2/c1-16(2,3)23(7,8)21-13-12(11-19)20-15(18)14(13)22-24(9,10)17(4,5)6/h11-15H,1-10H3/t12-,13-,14?,15-/m1/s1. The lowest BCUT2D eigenvalue weighted by Crippen LogP contribution is -2.54. The highest BCUT2D eigenvalue weighted by Gasteiger charge is 2.52. The van der Waals surface area contributed by atoms with Gasteiger partial charge in [0.2, 0.25) is 0 Å². The Morgan fingerprint density at radius 2 is 1.25 bits per heavy atom. The molecule has 4 atom stereocenters. The van der Waals surface area contributed by atoms with Gasteiger partial charge in [-0.05, 0) is 36.3 Å². The van der Waals surface area contributed by atoms with Crippen molar-refractivity contribution in [3.8, 4) is 0 Å². The highest BCUT2D eigenvalue weighted by atomic mass is 28.4. The van der Waals surface area contributed by atoms with E-state index in [0.717, 1.165) is 6.29 Å². The van der Waals surface area contributed by atoms with E-state index in [1.165, 1.54) is 0 Å². The first-order valence-corrected chi connectivity index (χ1v) is 14.6. The quantitative estimate of drug-likeness (QED) is 0.545. The zero-order valence-electron chi connectivity index (χ0n) is 17.1. The highest BCUT2D eigenvalue weighted by Crippen LogP contribution is 2.42. The average molecular weight is 370 g/mol. The third-order valence-corrected chi connectivity index (χ3v) is 14.8. The van der Waals surface area contributed by atoms with Crippen LogP contribution in [0.3, 0.4) is 0 Å². The fourth-order valence-corrected chi connectivity index (χ4v) is 4.73. The zero-order chi connectivity index (χ0) is 19.1. The van der Waals surface area contributed by atoms with Crippen molar-refractivity contribution in [3.63, 3.8) is 0 Å². The summed E-state index contributed by atoms with van der Waals surface area (Å²) in [4.78, 5) is 11.5. The SMILES string of the molecule is [B][C@@H]1O[C@H](C=O)[C@@H](O[Si](C)(C)C(C)(C)C)C1O[Si](C)(C)C(C)(C)C. The van der Waals surface area contributed by atoms with Gasteiger partial charge in [0.05, 0.1) is 6.10 Å². The van der Waals surface area contributed by atoms with Crippen LogP contribution in [0.4, 0.5) is 0 Å². The van der Waals surface area contributed by atoms with E-state index in [1.54, 1.807) is 0 Å². The zero-order valence-corrected chi connectivity index (χ0v) is 19.1. The summed E-state index contributed by atoms with van der Waals surface area (Å²) in [7, 11) is 2.03. The maximum absolute atomic E-state index is 11.5. The lowest BCUT2D eigenvalue weighted by Gasteiger charge is -2.43. The fraction of sp³-hybridized carbons (Fsp3) is 0.941. The Hall–Kier alpha value is 0.0487. The molecule has 0 aromatic carbocycles. The van der Waals surface area contributed by atoms with Gasteiger partial charge in [-0.3, -0.25) is 0 Å². The molecule has 4 nitrogen and oxygen atoms in total. The number of rotatable bonds is 5. The minimum absolute atomic E-state index is 0.0364. The number of hydrogen-bond donors (Lipinski definition) is 0. The molecular formula is C17H35BO4Si2. The molecule has 0 spiro atoms. The molecule has 0 aliphatic carbocycles. The molecule has 7 heteroatoms. The van der Waals surface area contributed by atoms with Crippen LogP contribution in [0.15, 0.2) is 0 Å². The second-order valence-corrected chi connectivity index (χ2v) is 19.4. The van der Waals surface area contributed by atoms with E-state index >= 15 is 0 Å². The molecule has 1 unspecified atom stereocenters. The van der Waals surface area contributed by atoms with Crippen molar-refractivity contribution in [1.82, 2.24) is 0 Å². The molecule has 24 heavy (non-hydrogen) atoms. The summed E-state index contributed by atoms with van der Waals surface area (Å²) in [5.74, 6) is 0. The monoisotopic (exact) mass is 370 g/mol. The van der Waals surface area contributed by atoms with Crippen LogP contribution < -0.4 is 0 Å². The fourth-order valence-electron chi connectivity index (χ4n) is 2.12. The summed E-state index contributed by atoms with van der Waals surface area (Å²) in [5, 5.41) is 0.0855. The predicted octanol–water partition coefficient (Wildman–Crippen LogP) is 3.86. The second kappa shape index (κ2) is 6.99. The molecule has 1 heterocycles. The van der Waals surface area contributed by atoms with Gasteiger partial charge >= 0.3 is 0 Å². The number of aldehydes is 1. The predicted molar refractivity (Wildman–Crippen MR) is 105 cm³/mol. The largest absolute Gasteiger partial charge is 0.409 e. The highest BCUT2D eigenvalue weighted by molar-refractivity contribution is 6.74. The molecule has 1 aliphatic heterocycles. The van der Waals surface area contributed by atoms with Crippen molar-refractivity contribution >= 4 is 30.8 Å². The van der Waals surface area contributed by atoms with Crippen LogP contribution in [0.1, 0.15) is 41.5 Å². The van der Waals surface area contributed by atoms with Gasteiger partial charge in [-0.2, -0.15) is 0 Å². The van der Waals surface area contributed by atoms with Crippen LogP contribution in [0, 0.1) is 0 Å². The number of carbonyl (C=O) groups is 1. The number of hydrogen-bond acceptors (Lipinski definition) is 4. The van der Waals surface area contributed by atoms with E-state index in [-0.39, 0.29) is 10.1 Å². The Labute approximate surface area is 151 Å². The Balaban J connectivity index is 3.10. The first-order valence-electron chi connectivity index (χ1n) is 8.75. The topological polar surface area (TPSA) is 44.8 Å². The molecule has 0 bridgehead atoms. The first-order chi connectivity index (χ1) is 10.5. The molecule has 1 saturated heterocycles. The van der Waals surface area contributed by atoms with Crippen LogP contribution in [0.5, 0.6) is 0 Å². The van der Waals surface area contributed by atoms with Crippen molar-refractivity contribution in [1.29, 1.82) is 0 Å². The third-order valence-electron chi connectivity index (χ3n) is 5.89. The van der Waals surface area contributed by atoms with E-state index in [2.05, 4.69) is 67.7 Å². The minimum Gasteiger partial charge on any atom is -0.409 e. The van der Waals surface area contributed by atoms with E-state index in [4.69, 9.17) is 21.4 Å². The van der Waals surface area contributed by atoms with Gasteiger partial charge in [-0.15, -0.1) is 0 Å². The maximum atomic E-state index is 11.5. The molecule has 2 radical (unpaired) electrons. The Bertz CT molecular complexity index is 454. The minimum atomic E-state index is -2.08. The van der Waals surface area contributed by atoms with E-state index in [1.807, 2.05) is 0 Å². The van der Waals surface area contributed by atoms with Crippen LogP contribution in [-0.2, 0) is 18.4 Å². The molecule has 0 saturated carbocycles. The molecule has 0 amide bonds. The van der Waals surface area contributed by atoms with Crippen LogP contribution in [-0.4, -0.2) is 55.1 Å². The van der Waals surface area contributed by atoms with Crippen molar-refractivity contribution in [2.24, 2.45) is 0 Å². The number of ether oxygens (including phenoxy) is 1. The molecule has 1 aliphatic rings. The van der Waals surface area contributed by atoms with Gasteiger partial charge in [0.1, 0.15) is 20.1 Å². The Kier molecular flexibility index (Phi) is 6.43. The summed E-state index contributed by atoms with van der Waals surface area (Å²) in [6.45, 7) is 21.8. The van der Waals surface area contributed by atoms with Crippen molar-refractivity contribution < 1.29 is 18.4 Å². The van der Waals surface area contributed by atoms with Crippen molar-refractivity contribution in [2.45, 2.75) is 102 Å². The van der Waals surface area contributed by atoms with Gasteiger partial charge in [-0.25, -0.2) is 0 Å². The van der Waals surface area contributed by atoms with Gasteiger partial charge in [-0.1, -0.05) is 41.5 Å². The molecule has 0 aromatic rings. The van der Waals surface area contributed by atoms with Crippen LogP contribution in [0.2, 0.25) is 36.3 Å². The van der Waals surface area contributed by atoms with Crippen molar-refractivity contribution in [3.05, 3.63) is 0 Å². The van der Waals surface area contributed by atoms with E-state index in [0.29, 0.717) is 0 Å². The summed E-state index contributed by atoms with van der Waals surface area (Å²) in [5.41, 5.74) is 0. The molecule has 0 N–H and O–H groups in total. The average Bonchev–Trinajstić information content (AvgIpc) is 2.63. The summed E-state index contributed by atoms with van der Waals surface area (Å²) < 4.78 is 18.7. The van der Waals surface area contributed by atoms with Crippen LogP contribution in [0.25, 0.3) is 0 Å². The molecule has 0 aromatic heterocycles. The van der Waals surface area contributed by atoms with Crippen molar-refractivity contribution in [2.75, 3.05) is 0 Å². The van der Waals surface area contributed by atoms with E-state index < -0.39 is 41.0 Å². The summed E-state index contributed by atoms with van der Waals surface area (Å²) in [6.07, 6.45) is -0.709. The second-order valence-electron chi connectivity index (χ2n) is 9.89. The van der Waals surface area contributed by atoms with Gasteiger partial charge < -0.3 is 18.4 Å². The lowest BCUT2D eigenvalue weighted by atomic mass is 9.93. The van der Waals surface area contributed by atoms with Gasteiger partial charge in [0.15, 0.2) is 22.9 Å². The summed E-state index contributed by atoms with van der Waals surface area (Å²) in [6, 6.07) is -0.635. The third kappa shape index (κ3) is 4.61. The molecule has 1 fully saturated rings. The first kappa shape index (κ1) is 22.1. The Morgan fingerprint density at radius 3 is 1.58 bits per heavy atom. The van der Waals surface area contributed by atoms with E-state index in [9.17, 15) is 4.79 Å². The van der Waals surface area contributed by atoms with Crippen LogP contribution >= 0.6 is 0 Å². The maximum Gasteiger partial charge on any atom is 0.192 e. The Morgan fingerprint density at radius 1 is 0.875 bits per heavy atom. The number of carbonyl (C=O) groups excluding carboxylic acids is 1. The molecular weight excluding hydrogens is 335 g/mol. The van der Waals surface area contributed by atoms with Gasteiger partial charge in [0, 0.05) is 6.00 Å². The lowest BCUT2D eigenvalue weighted by molar-refractivity contribution is -0.119. The molecule has 138 valence electrons.